The Kier molecular flexibility index (Phi) is 2.96. The first-order valence-electron chi connectivity index (χ1n) is 1.89. The lowest BCUT2D eigenvalue weighted by atomic mass is 11.2. The van der Waals surface area contributed by atoms with Crippen LogP contribution in [0.25, 0.3) is 0 Å². The van der Waals surface area contributed by atoms with E-state index in [1.807, 2.05) is 0 Å². The van der Waals surface area contributed by atoms with Gasteiger partial charge < -0.3 is 9.84 Å². The van der Waals surface area contributed by atoms with Crippen molar-refractivity contribution in [1.82, 2.24) is 0 Å². The number of ether oxygens (including phenoxy) is 1. The highest BCUT2D eigenvalue weighted by molar-refractivity contribution is 5.71. The van der Waals surface area contributed by atoms with E-state index >= 15 is 0 Å². The summed E-state index contributed by atoms with van der Waals surface area (Å²) < 4.78 is 3.94. The lowest BCUT2D eigenvalue weighted by Crippen LogP contribution is -1.92. The average molecular weight is 132 g/mol. The molecule has 0 heterocycles. The highest BCUT2D eigenvalue weighted by Gasteiger charge is 1.94. The van der Waals surface area contributed by atoms with Gasteiger partial charge in [-0.3, -0.25) is 0 Å². The molecule has 0 bridgehead atoms. The number of nitrogens with zero attached hydrogens (tertiary/aromatic N) is 2. The molecule has 0 aromatic heterocycles. The minimum absolute atomic E-state index is 1.03. The number of rotatable bonds is 0. The summed E-state index contributed by atoms with van der Waals surface area (Å²) in [5, 5.41) is 12.9. The summed E-state index contributed by atoms with van der Waals surface area (Å²) >= 11 is 0. The van der Waals surface area contributed by atoms with Gasteiger partial charge >= 0.3 is 12.2 Å². The van der Waals surface area contributed by atoms with Gasteiger partial charge in [-0.25, -0.2) is 9.59 Å². The van der Waals surface area contributed by atoms with Crippen LogP contribution in [0.15, 0.2) is 10.2 Å². The molecule has 0 aliphatic heterocycles. The Hall–Kier alpha value is -1.46. The zero-order valence-electron chi connectivity index (χ0n) is 4.57. The van der Waals surface area contributed by atoms with Crippen molar-refractivity contribution >= 4 is 12.2 Å². The summed E-state index contributed by atoms with van der Waals surface area (Å²) in [4.78, 5) is 19.5. The molecule has 6 heteroatoms. The number of carboxylic acid groups (broad SMARTS) is 1. The molecule has 0 aliphatic rings. The Labute approximate surface area is 50.1 Å². The number of hydrogen-bond acceptors (Lipinski definition) is 3. The summed E-state index contributed by atoms with van der Waals surface area (Å²) in [7, 11) is 1.07. The molecule has 0 unspecified atom stereocenters. The molecule has 0 aromatic carbocycles. The molecule has 0 fully saturated rings. The minimum atomic E-state index is -1.53. The predicted octanol–water partition coefficient (Wildman–Crippen LogP) is 0.883. The van der Waals surface area contributed by atoms with Gasteiger partial charge in [0.25, 0.3) is 0 Å². The van der Waals surface area contributed by atoms with Gasteiger partial charge in [0.05, 0.1) is 7.11 Å². The molecule has 6 nitrogen and oxygen atoms in total. The number of carbonyl (C=O) groups excluding carboxylic acids is 1. The van der Waals surface area contributed by atoms with Gasteiger partial charge in [-0.15, -0.1) is 0 Å². The summed E-state index contributed by atoms with van der Waals surface area (Å²) in [5.74, 6) is 0. The first-order valence-corrected chi connectivity index (χ1v) is 1.89. The largest absolute Gasteiger partial charge is 0.462 e. The highest BCUT2D eigenvalue weighted by Crippen LogP contribution is 1.81. The lowest BCUT2D eigenvalue weighted by molar-refractivity contribution is 0.177. The van der Waals surface area contributed by atoms with Crippen LogP contribution in [0.3, 0.4) is 0 Å². The monoisotopic (exact) mass is 132 g/mol. The molecular formula is C3H4N2O4. The highest BCUT2D eigenvalue weighted by atomic mass is 16.5. The number of amides is 2. The molecule has 0 spiro atoms. The van der Waals surface area contributed by atoms with E-state index in [0.717, 1.165) is 7.11 Å². The first-order chi connectivity index (χ1) is 4.16. The average Bonchev–Trinajstić information content (AvgIpc) is 1.83. The van der Waals surface area contributed by atoms with E-state index in [1.165, 1.54) is 0 Å². The molecule has 2 amide bonds. The molecule has 0 saturated heterocycles. The van der Waals surface area contributed by atoms with Crippen molar-refractivity contribution in [2.75, 3.05) is 7.11 Å². The van der Waals surface area contributed by atoms with Crippen LogP contribution in [0, 0.1) is 0 Å². The summed E-state index contributed by atoms with van der Waals surface area (Å²) in [5.41, 5.74) is 0. The SMILES string of the molecule is COC(=O)/N=N/C(=O)O. The van der Waals surface area contributed by atoms with Crippen LogP contribution < -0.4 is 0 Å². The van der Waals surface area contributed by atoms with Gasteiger partial charge in [-0.05, 0) is 0 Å². The van der Waals surface area contributed by atoms with Crippen molar-refractivity contribution in [3.05, 3.63) is 0 Å². The molecule has 0 atom stereocenters. The molecule has 0 radical (unpaired) electrons. The van der Waals surface area contributed by atoms with Crippen LogP contribution in [0.5, 0.6) is 0 Å². The van der Waals surface area contributed by atoms with Gasteiger partial charge in [0, 0.05) is 0 Å². The third-order valence-corrected chi connectivity index (χ3v) is 0.392. The molecule has 9 heavy (non-hydrogen) atoms. The molecule has 0 saturated carbocycles. The minimum Gasteiger partial charge on any atom is -0.462 e. The van der Waals surface area contributed by atoms with Crippen molar-refractivity contribution in [3.63, 3.8) is 0 Å². The zero-order valence-corrected chi connectivity index (χ0v) is 4.57. The fourth-order valence-corrected chi connectivity index (χ4v) is 0.124. The topological polar surface area (TPSA) is 88.3 Å². The molecule has 50 valence electrons. The third kappa shape index (κ3) is 4.39. The van der Waals surface area contributed by atoms with Gasteiger partial charge in [-0.1, -0.05) is 10.2 Å². The maximum absolute atomic E-state index is 9.97. The molecule has 0 aromatic rings. The summed E-state index contributed by atoms with van der Waals surface area (Å²) in [6.45, 7) is 0. The van der Waals surface area contributed by atoms with Crippen molar-refractivity contribution < 1.29 is 19.4 Å². The number of methoxy groups -OCH3 is 1. The second kappa shape index (κ2) is 3.53. The van der Waals surface area contributed by atoms with E-state index in [1.54, 1.807) is 0 Å². The Morgan fingerprint density at radius 3 is 2.33 bits per heavy atom. The third-order valence-electron chi connectivity index (χ3n) is 0.392. The van der Waals surface area contributed by atoms with Gasteiger partial charge in [-0.2, -0.15) is 0 Å². The van der Waals surface area contributed by atoms with E-state index < -0.39 is 12.2 Å². The van der Waals surface area contributed by atoms with E-state index in [0.29, 0.717) is 0 Å². The van der Waals surface area contributed by atoms with Crippen LogP contribution in [0.1, 0.15) is 0 Å². The van der Waals surface area contributed by atoms with Gasteiger partial charge in [0.15, 0.2) is 0 Å². The van der Waals surface area contributed by atoms with E-state index in [2.05, 4.69) is 15.0 Å². The normalized spacial score (nSPS) is 9.44. The van der Waals surface area contributed by atoms with Crippen LogP contribution >= 0.6 is 0 Å². The fourth-order valence-electron chi connectivity index (χ4n) is 0.124. The second-order valence-electron chi connectivity index (χ2n) is 0.953. The molecule has 0 aliphatic carbocycles. The number of azo groups is 1. The first kappa shape index (κ1) is 7.54. The Morgan fingerprint density at radius 2 is 2.00 bits per heavy atom. The van der Waals surface area contributed by atoms with E-state index in [9.17, 15) is 9.59 Å². The molecule has 0 rings (SSSR count). The predicted molar refractivity (Wildman–Crippen MR) is 25.3 cm³/mol. The number of hydrogen-bond donors (Lipinski definition) is 1. The van der Waals surface area contributed by atoms with Gasteiger partial charge in [0.2, 0.25) is 0 Å². The fraction of sp³-hybridized carbons (Fsp3) is 0.333. The van der Waals surface area contributed by atoms with Crippen LogP contribution in [-0.2, 0) is 4.74 Å². The van der Waals surface area contributed by atoms with Crippen molar-refractivity contribution in [2.45, 2.75) is 0 Å². The summed E-state index contributed by atoms with van der Waals surface area (Å²) in [6, 6.07) is 0. The Balaban J connectivity index is 3.71. The Morgan fingerprint density at radius 1 is 1.44 bits per heavy atom. The maximum Gasteiger partial charge on any atom is 0.452 e. The van der Waals surface area contributed by atoms with E-state index in [-0.39, 0.29) is 0 Å². The Bertz CT molecular complexity index is 152. The zero-order chi connectivity index (χ0) is 7.28. The van der Waals surface area contributed by atoms with E-state index in [4.69, 9.17) is 5.11 Å². The smallest absolute Gasteiger partial charge is 0.452 e. The van der Waals surface area contributed by atoms with Crippen LogP contribution in [0.2, 0.25) is 0 Å². The van der Waals surface area contributed by atoms with Crippen molar-refractivity contribution in [3.8, 4) is 0 Å². The second-order valence-corrected chi connectivity index (χ2v) is 0.953. The van der Waals surface area contributed by atoms with Gasteiger partial charge in [0.1, 0.15) is 0 Å². The van der Waals surface area contributed by atoms with Crippen LogP contribution in [0.4, 0.5) is 9.59 Å². The maximum atomic E-state index is 9.97. The summed E-state index contributed by atoms with van der Waals surface area (Å²) in [6.07, 6.45) is -2.56. The standard InChI is InChI=1S/C3H4N2O4/c1-9-3(8)5-4-2(6)7/h1H3,(H,6,7)/b5-4+. The molecule has 1 N–H and O–H groups in total. The molecular weight excluding hydrogens is 128 g/mol. The lowest BCUT2D eigenvalue weighted by Gasteiger charge is -1.83. The van der Waals surface area contributed by atoms with Crippen molar-refractivity contribution in [2.24, 2.45) is 10.2 Å². The van der Waals surface area contributed by atoms with Crippen molar-refractivity contribution in [1.29, 1.82) is 0 Å². The van der Waals surface area contributed by atoms with Crippen LogP contribution in [-0.4, -0.2) is 24.4 Å². The quantitative estimate of drug-likeness (QED) is 0.495. The number of carbonyl (C=O) groups is 2.